The van der Waals surface area contributed by atoms with E-state index in [1.54, 1.807) is 18.2 Å². The van der Waals surface area contributed by atoms with Gasteiger partial charge in [0, 0.05) is 30.6 Å². The third kappa shape index (κ3) is 9.69. The maximum Gasteiger partial charge on any atom is 0.248 e. The predicted molar refractivity (Wildman–Crippen MR) is 153 cm³/mol. The number of nitrogens with zero attached hydrogens (tertiary/aromatic N) is 2. The molecule has 0 radical (unpaired) electrons. The van der Waals surface area contributed by atoms with Crippen LogP contribution in [0.2, 0.25) is 0 Å². The first-order chi connectivity index (χ1) is 17.8. The topological polar surface area (TPSA) is 73.5 Å². The van der Waals surface area contributed by atoms with Gasteiger partial charge < -0.3 is 14.8 Å². The van der Waals surface area contributed by atoms with Crippen LogP contribution < -0.4 is 5.56 Å². The number of rotatable bonds is 16. The molecule has 1 aromatic heterocycles. The smallest absolute Gasteiger partial charge is 0.248 e. The molecule has 0 spiro atoms. The van der Waals surface area contributed by atoms with Crippen molar-refractivity contribution in [1.82, 2.24) is 14.8 Å². The molecule has 2 aromatic rings. The number of aromatic amines is 1. The summed E-state index contributed by atoms with van der Waals surface area (Å²) in [6.07, 6.45) is 12.7. The summed E-state index contributed by atoms with van der Waals surface area (Å²) < 4.78 is 23.3. The second-order valence-electron chi connectivity index (χ2n) is 10.7. The van der Waals surface area contributed by atoms with Gasteiger partial charge in [-0.25, -0.2) is 8.42 Å². The van der Waals surface area contributed by atoms with Gasteiger partial charge in [0.05, 0.1) is 4.90 Å². The average Bonchev–Trinajstić information content (AvgIpc) is 2.88. The first-order valence-electron chi connectivity index (χ1n) is 14.3. The van der Waals surface area contributed by atoms with Gasteiger partial charge in [-0.2, -0.15) is 0 Å². The molecule has 7 heteroatoms. The van der Waals surface area contributed by atoms with E-state index >= 15 is 0 Å². The fraction of sp³-hybridized carbons (Fsp3) is 0.633. The molecule has 0 amide bonds. The molecule has 0 fully saturated rings. The third-order valence-electron chi connectivity index (χ3n) is 7.59. The third-order valence-corrected chi connectivity index (χ3v) is 8.71. The lowest BCUT2D eigenvalue weighted by Gasteiger charge is -2.35. The first kappa shape index (κ1) is 29.6. The Labute approximate surface area is 224 Å². The van der Waals surface area contributed by atoms with Crippen molar-refractivity contribution in [3.05, 3.63) is 63.6 Å². The molecular weight excluding hydrogens is 482 g/mol. The van der Waals surface area contributed by atoms with Crippen LogP contribution in [0.1, 0.15) is 75.6 Å². The van der Waals surface area contributed by atoms with E-state index in [1.807, 2.05) is 18.2 Å². The average molecular weight is 530 g/mol. The van der Waals surface area contributed by atoms with Crippen molar-refractivity contribution in [2.45, 2.75) is 89.0 Å². The van der Waals surface area contributed by atoms with E-state index in [4.69, 9.17) is 0 Å². The minimum absolute atomic E-state index is 0.0170. The number of pyridine rings is 1. The molecule has 1 aliphatic rings. The number of unbranched alkanes of at least 4 members (excludes halogenated alkanes) is 3. The lowest BCUT2D eigenvalue weighted by molar-refractivity contribution is 0.174. The highest BCUT2D eigenvalue weighted by Gasteiger charge is 2.24. The van der Waals surface area contributed by atoms with Gasteiger partial charge in [0.1, 0.15) is 0 Å². The fourth-order valence-corrected chi connectivity index (χ4v) is 6.18. The molecular formula is C30H47N3O3S. The second-order valence-corrected chi connectivity index (χ2v) is 12.7. The van der Waals surface area contributed by atoms with Crippen LogP contribution in [0.25, 0.3) is 0 Å². The zero-order valence-corrected chi connectivity index (χ0v) is 24.0. The maximum atomic E-state index is 11.7. The minimum Gasteiger partial charge on any atom is -0.326 e. The molecule has 37 heavy (non-hydrogen) atoms. The standard InChI is InChI=1S/C30H47N3O3S/c1-4-19-32(23-18-25-10-14-28(15-11-25)37(3,35)36)21-8-6-7-9-22-33(20-5-2)27-13-16-29-26(24-27)12-17-30(34)31-29/h10-12,14-15,17,27H,4-9,13,16,18-24H2,1-3H3,(H,31,34). The minimum atomic E-state index is -3.13. The van der Waals surface area contributed by atoms with Crippen LogP contribution in [-0.4, -0.2) is 68.2 Å². The number of aromatic nitrogens is 1. The van der Waals surface area contributed by atoms with E-state index in [0.29, 0.717) is 10.9 Å². The van der Waals surface area contributed by atoms with Crippen molar-refractivity contribution >= 4 is 9.84 Å². The van der Waals surface area contributed by atoms with E-state index in [0.717, 1.165) is 64.0 Å². The van der Waals surface area contributed by atoms with Crippen molar-refractivity contribution < 1.29 is 8.42 Å². The van der Waals surface area contributed by atoms with Gasteiger partial charge >= 0.3 is 0 Å². The summed E-state index contributed by atoms with van der Waals surface area (Å²) >= 11 is 0. The molecule has 206 valence electrons. The van der Waals surface area contributed by atoms with Gasteiger partial charge in [-0.15, -0.1) is 0 Å². The Bertz CT molecular complexity index is 1110. The second kappa shape index (κ2) is 14.8. The van der Waals surface area contributed by atoms with Crippen LogP contribution >= 0.6 is 0 Å². The summed E-state index contributed by atoms with van der Waals surface area (Å²) in [5.41, 5.74) is 3.67. The van der Waals surface area contributed by atoms with Crippen LogP contribution in [0.15, 0.2) is 46.1 Å². The molecule has 1 heterocycles. The summed E-state index contributed by atoms with van der Waals surface area (Å²) in [7, 11) is -3.13. The van der Waals surface area contributed by atoms with Gasteiger partial charge in [-0.05, 0) is 101 Å². The molecule has 6 nitrogen and oxygen atoms in total. The maximum absolute atomic E-state index is 11.7. The number of sulfone groups is 1. The number of benzene rings is 1. The highest BCUT2D eigenvalue weighted by atomic mass is 32.2. The van der Waals surface area contributed by atoms with E-state index in [1.165, 1.54) is 56.0 Å². The Kier molecular flexibility index (Phi) is 11.9. The lowest BCUT2D eigenvalue weighted by atomic mass is 9.90. The van der Waals surface area contributed by atoms with E-state index < -0.39 is 9.84 Å². The number of fused-ring (bicyclic) bond motifs is 1. The zero-order chi connectivity index (χ0) is 26.7. The number of aryl methyl sites for hydroxylation is 1. The van der Waals surface area contributed by atoms with Crippen molar-refractivity contribution in [1.29, 1.82) is 0 Å². The summed E-state index contributed by atoms with van der Waals surface area (Å²) in [6.45, 7) is 10.1. The van der Waals surface area contributed by atoms with E-state index in [2.05, 4.69) is 28.6 Å². The Hall–Kier alpha value is -1.96. The molecule has 1 N–H and O–H groups in total. The van der Waals surface area contributed by atoms with E-state index in [9.17, 15) is 13.2 Å². The van der Waals surface area contributed by atoms with Gasteiger partial charge in [0.25, 0.3) is 0 Å². The molecule has 1 atom stereocenters. The number of nitrogens with one attached hydrogen (secondary N) is 1. The normalized spacial score (nSPS) is 15.9. The lowest BCUT2D eigenvalue weighted by Crippen LogP contribution is -2.41. The number of H-pyrrole nitrogens is 1. The van der Waals surface area contributed by atoms with Crippen LogP contribution in [0.4, 0.5) is 0 Å². The number of hydrogen-bond donors (Lipinski definition) is 1. The molecule has 0 bridgehead atoms. The molecule has 1 unspecified atom stereocenters. The summed E-state index contributed by atoms with van der Waals surface area (Å²) in [4.78, 5) is 20.3. The molecule has 0 aliphatic heterocycles. The highest BCUT2D eigenvalue weighted by molar-refractivity contribution is 7.90. The Morgan fingerprint density at radius 2 is 1.57 bits per heavy atom. The van der Waals surface area contributed by atoms with Crippen molar-refractivity contribution in [3.8, 4) is 0 Å². The fourth-order valence-electron chi connectivity index (χ4n) is 5.55. The molecule has 1 aromatic carbocycles. The predicted octanol–water partition coefficient (Wildman–Crippen LogP) is 4.86. The Balaban J connectivity index is 1.37. The van der Waals surface area contributed by atoms with Gasteiger partial charge in [0.15, 0.2) is 9.84 Å². The SMILES string of the molecule is CCCN(CCCCCCN(CCC)C1CCc2[nH]c(=O)ccc2C1)CCc1ccc(S(C)(=O)=O)cc1. The Morgan fingerprint density at radius 3 is 2.24 bits per heavy atom. The summed E-state index contributed by atoms with van der Waals surface area (Å²) in [6, 6.07) is 11.6. The van der Waals surface area contributed by atoms with E-state index in [-0.39, 0.29) is 5.56 Å². The monoisotopic (exact) mass is 529 g/mol. The summed E-state index contributed by atoms with van der Waals surface area (Å²) in [5.74, 6) is 0. The van der Waals surface area contributed by atoms with Crippen LogP contribution in [0.5, 0.6) is 0 Å². The molecule has 1 aliphatic carbocycles. The molecule has 3 rings (SSSR count). The molecule has 0 saturated heterocycles. The van der Waals surface area contributed by atoms with Gasteiger partial charge in [0.2, 0.25) is 5.56 Å². The molecule has 0 saturated carbocycles. The van der Waals surface area contributed by atoms with Crippen LogP contribution in [-0.2, 0) is 29.1 Å². The van der Waals surface area contributed by atoms with Crippen molar-refractivity contribution in [2.24, 2.45) is 0 Å². The first-order valence-corrected chi connectivity index (χ1v) is 16.2. The van der Waals surface area contributed by atoms with Crippen LogP contribution in [0, 0.1) is 0 Å². The van der Waals surface area contributed by atoms with Gasteiger partial charge in [-0.1, -0.05) is 44.9 Å². The van der Waals surface area contributed by atoms with Crippen molar-refractivity contribution in [2.75, 3.05) is 39.0 Å². The number of hydrogen-bond acceptors (Lipinski definition) is 5. The summed E-state index contributed by atoms with van der Waals surface area (Å²) in [5, 5.41) is 0. The zero-order valence-electron chi connectivity index (χ0n) is 23.2. The van der Waals surface area contributed by atoms with Gasteiger partial charge in [-0.3, -0.25) is 4.79 Å². The largest absolute Gasteiger partial charge is 0.326 e. The van der Waals surface area contributed by atoms with Crippen molar-refractivity contribution in [3.63, 3.8) is 0 Å². The quantitative estimate of drug-likeness (QED) is 0.314. The highest BCUT2D eigenvalue weighted by Crippen LogP contribution is 2.23. The Morgan fingerprint density at radius 1 is 0.865 bits per heavy atom. The van der Waals surface area contributed by atoms with Crippen LogP contribution in [0.3, 0.4) is 0 Å².